The van der Waals surface area contributed by atoms with Gasteiger partial charge in [0.1, 0.15) is 10.7 Å². The van der Waals surface area contributed by atoms with E-state index in [1.807, 2.05) is 0 Å². The quantitative estimate of drug-likeness (QED) is 0.842. The third-order valence-corrected chi connectivity index (χ3v) is 4.88. The first kappa shape index (κ1) is 16.0. The predicted molar refractivity (Wildman–Crippen MR) is 75.7 cm³/mol. The lowest BCUT2D eigenvalue weighted by molar-refractivity contribution is 0.350. The molecule has 1 aliphatic rings. The third kappa shape index (κ3) is 3.63. The fraction of sp³-hybridized carbons (Fsp3) is 0.538. The van der Waals surface area contributed by atoms with E-state index in [1.165, 1.54) is 14.2 Å². The fourth-order valence-corrected chi connectivity index (χ4v) is 3.62. The molecule has 0 aromatic heterocycles. The Morgan fingerprint density at radius 2 is 1.95 bits per heavy atom. The van der Waals surface area contributed by atoms with Gasteiger partial charge in [0.25, 0.3) is 0 Å². The summed E-state index contributed by atoms with van der Waals surface area (Å²) in [5.74, 6) is -0.557. The Kier molecular flexibility index (Phi) is 5.02. The summed E-state index contributed by atoms with van der Waals surface area (Å²) in [5, 5.41) is 3.10. The van der Waals surface area contributed by atoms with Crippen LogP contribution >= 0.6 is 0 Å². The molecular formula is C13H19FN2O4S. The average molecular weight is 318 g/mol. The molecule has 0 unspecified atom stereocenters. The van der Waals surface area contributed by atoms with Crippen LogP contribution in [0.25, 0.3) is 0 Å². The number of nitrogens with one attached hydrogen (secondary N) is 2. The molecule has 2 rings (SSSR count). The van der Waals surface area contributed by atoms with Crippen LogP contribution in [-0.2, 0) is 10.0 Å². The first-order valence-electron chi connectivity index (χ1n) is 6.62. The summed E-state index contributed by atoms with van der Waals surface area (Å²) in [6.07, 6.45) is 1.60. The minimum absolute atomic E-state index is 0.147. The zero-order valence-corrected chi connectivity index (χ0v) is 12.8. The van der Waals surface area contributed by atoms with E-state index in [1.54, 1.807) is 0 Å². The Morgan fingerprint density at radius 3 is 2.52 bits per heavy atom. The number of ether oxygens (including phenoxy) is 2. The highest BCUT2D eigenvalue weighted by atomic mass is 32.2. The summed E-state index contributed by atoms with van der Waals surface area (Å²) >= 11 is 0. The number of halogens is 1. The van der Waals surface area contributed by atoms with Crippen LogP contribution in [0.15, 0.2) is 17.0 Å². The maximum Gasteiger partial charge on any atom is 0.243 e. The summed E-state index contributed by atoms with van der Waals surface area (Å²) in [4.78, 5) is -0.439. The van der Waals surface area contributed by atoms with Crippen molar-refractivity contribution in [3.8, 4) is 11.5 Å². The number of sulfonamides is 1. The molecule has 6 nitrogen and oxygen atoms in total. The maximum absolute atomic E-state index is 14.0. The van der Waals surface area contributed by atoms with Crippen molar-refractivity contribution < 1.29 is 22.3 Å². The van der Waals surface area contributed by atoms with Gasteiger partial charge in [0, 0.05) is 24.7 Å². The molecule has 2 N–H and O–H groups in total. The number of hydrogen-bond donors (Lipinski definition) is 2. The van der Waals surface area contributed by atoms with E-state index in [-0.39, 0.29) is 17.5 Å². The standard InChI is InChI=1S/C13H19FN2O4S/c1-19-11-6-10(14)13(7-12(11)20-2)21(17,18)16-9-4-3-5-15-8-9/h6-7,9,15-16H,3-5,8H2,1-2H3/t9-/m0/s1. The van der Waals surface area contributed by atoms with Crippen LogP contribution in [-0.4, -0.2) is 41.8 Å². The second-order valence-electron chi connectivity index (χ2n) is 4.80. The number of piperidine rings is 1. The summed E-state index contributed by atoms with van der Waals surface area (Å²) in [7, 11) is -1.22. The van der Waals surface area contributed by atoms with Crippen molar-refractivity contribution in [2.24, 2.45) is 0 Å². The first-order valence-corrected chi connectivity index (χ1v) is 8.11. The molecule has 0 radical (unpaired) electrons. The van der Waals surface area contributed by atoms with Gasteiger partial charge in [-0.25, -0.2) is 17.5 Å². The van der Waals surface area contributed by atoms with Gasteiger partial charge in [-0.15, -0.1) is 0 Å². The molecule has 0 aliphatic carbocycles. The van der Waals surface area contributed by atoms with Crippen LogP contribution in [0.5, 0.6) is 11.5 Å². The molecule has 1 aromatic rings. The number of hydrogen-bond acceptors (Lipinski definition) is 5. The Labute approximate surface area is 123 Å². The fourth-order valence-electron chi connectivity index (χ4n) is 2.28. The van der Waals surface area contributed by atoms with Crippen LogP contribution in [0.1, 0.15) is 12.8 Å². The van der Waals surface area contributed by atoms with Crippen LogP contribution in [0.2, 0.25) is 0 Å². The van der Waals surface area contributed by atoms with E-state index in [4.69, 9.17) is 9.47 Å². The topological polar surface area (TPSA) is 76.7 Å². The molecule has 118 valence electrons. The highest BCUT2D eigenvalue weighted by molar-refractivity contribution is 7.89. The van der Waals surface area contributed by atoms with Gasteiger partial charge in [-0.3, -0.25) is 0 Å². The lowest BCUT2D eigenvalue weighted by atomic mass is 10.1. The smallest absolute Gasteiger partial charge is 0.243 e. The zero-order chi connectivity index (χ0) is 15.5. The lowest BCUT2D eigenvalue weighted by Crippen LogP contribution is -2.45. The zero-order valence-electron chi connectivity index (χ0n) is 12.0. The Hall–Kier alpha value is -1.38. The molecule has 0 saturated carbocycles. The molecule has 1 atom stereocenters. The van der Waals surface area contributed by atoms with Gasteiger partial charge in [0.2, 0.25) is 10.0 Å². The van der Waals surface area contributed by atoms with Crippen LogP contribution in [0.3, 0.4) is 0 Å². The van der Waals surface area contributed by atoms with Crippen molar-refractivity contribution in [1.29, 1.82) is 0 Å². The van der Waals surface area contributed by atoms with Crippen molar-refractivity contribution in [2.45, 2.75) is 23.8 Å². The van der Waals surface area contributed by atoms with E-state index in [9.17, 15) is 12.8 Å². The maximum atomic E-state index is 14.0. The van der Waals surface area contributed by atoms with E-state index in [2.05, 4.69) is 10.0 Å². The van der Waals surface area contributed by atoms with Gasteiger partial charge in [-0.1, -0.05) is 0 Å². The number of benzene rings is 1. The van der Waals surface area contributed by atoms with Crippen molar-refractivity contribution in [3.63, 3.8) is 0 Å². The van der Waals surface area contributed by atoms with Crippen molar-refractivity contribution in [3.05, 3.63) is 17.9 Å². The second kappa shape index (κ2) is 6.59. The summed E-state index contributed by atoms with van der Waals surface area (Å²) in [5.41, 5.74) is 0. The minimum Gasteiger partial charge on any atom is -0.493 e. The van der Waals surface area contributed by atoms with E-state index in [0.717, 1.165) is 31.5 Å². The molecule has 1 saturated heterocycles. The van der Waals surface area contributed by atoms with E-state index in [0.29, 0.717) is 6.54 Å². The highest BCUT2D eigenvalue weighted by Crippen LogP contribution is 2.31. The molecule has 8 heteroatoms. The van der Waals surface area contributed by atoms with Crippen LogP contribution in [0, 0.1) is 5.82 Å². The van der Waals surface area contributed by atoms with Gasteiger partial charge in [-0.05, 0) is 19.4 Å². The van der Waals surface area contributed by atoms with Crippen molar-refractivity contribution in [1.82, 2.24) is 10.0 Å². The van der Waals surface area contributed by atoms with Gasteiger partial charge >= 0.3 is 0 Å². The number of methoxy groups -OCH3 is 2. The summed E-state index contributed by atoms with van der Waals surface area (Å²) < 4.78 is 51.1. The third-order valence-electron chi connectivity index (χ3n) is 3.35. The van der Waals surface area contributed by atoms with Gasteiger partial charge in [0.05, 0.1) is 14.2 Å². The number of rotatable bonds is 5. The van der Waals surface area contributed by atoms with Gasteiger partial charge < -0.3 is 14.8 Å². The Bertz CT molecular complexity index is 600. The molecule has 1 heterocycles. The van der Waals surface area contributed by atoms with E-state index < -0.39 is 20.7 Å². The minimum atomic E-state index is -3.95. The van der Waals surface area contributed by atoms with Crippen molar-refractivity contribution >= 4 is 10.0 Å². The normalized spacial score (nSPS) is 19.3. The predicted octanol–water partition coefficient (Wildman–Crippen LogP) is 0.873. The largest absolute Gasteiger partial charge is 0.493 e. The molecule has 1 aromatic carbocycles. The average Bonchev–Trinajstić information content (AvgIpc) is 2.47. The Morgan fingerprint density at radius 1 is 1.29 bits per heavy atom. The monoisotopic (exact) mass is 318 g/mol. The van der Waals surface area contributed by atoms with Crippen LogP contribution < -0.4 is 19.5 Å². The SMILES string of the molecule is COc1cc(F)c(S(=O)(=O)N[C@H]2CCCNC2)cc1OC. The van der Waals surface area contributed by atoms with Crippen molar-refractivity contribution in [2.75, 3.05) is 27.3 Å². The Balaban J connectivity index is 2.30. The first-order chi connectivity index (χ1) is 9.97. The molecule has 1 fully saturated rings. The lowest BCUT2D eigenvalue weighted by Gasteiger charge is -2.23. The summed E-state index contributed by atoms with van der Waals surface area (Å²) in [6.45, 7) is 1.40. The molecule has 1 aliphatic heterocycles. The van der Waals surface area contributed by atoms with Crippen LogP contribution in [0.4, 0.5) is 4.39 Å². The van der Waals surface area contributed by atoms with E-state index >= 15 is 0 Å². The molecule has 0 bridgehead atoms. The molecule has 0 amide bonds. The molecule has 0 spiro atoms. The van der Waals surface area contributed by atoms with Gasteiger partial charge in [0.15, 0.2) is 11.5 Å². The van der Waals surface area contributed by atoms with Gasteiger partial charge in [-0.2, -0.15) is 0 Å². The molecular weight excluding hydrogens is 299 g/mol. The second-order valence-corrected chi connectivity index (χ2v) is 6.48. The summed E-state index contributed by atoms with van der Waals surface area (Å²) in [6, 6.07) is 1.90. The highest BCUT2D eigenvalue weighted by Gasteiger charge is 2.26. The molecule has 21 heavy (non-hydrogen) atoms.